The monoisotopic (exact) mass is 539 g/mol. The third-order valence-corrected chi connectivity index (χ3v) is 7.09. The van der Waals surface area contributed by atoms with Gasteiger partial charge in [-0.25, -0.2) is 4.98 Å². The van der Waals surface area contributed by atoms with Crippen molar-refractivity contribution in [1.29, 1.82) is 0 Å². The molecule has 0 aliphatic carbocycles. The predicted molar refractivity (Wildman–Crippen MR) is 146 cm³/mol. The van der Waals surface area contributed by atoms with Gasteiger partial charge in [0, 0.05) is 32.1 Å². The Hall–Kier alpha value is -3.53. The molecule has 10 heteroatoms. The molecule has 0 saturated heterocycles. The first-order chi connectivity index (χ1) is 17.5. The highest BCUT2D eigenvalue weighted by Gasteiger charge is 2.13. The average molecular weight is 540 g/mol. The zero-order chi connectivity index (χ0) is 25.5. The summed E-state index contributed by atoms with van der Waals surface area (Å²) in [7, 11) is 3.05. The first-order valence-corrected chi connectivity index (χ1v) is 13.0. The molecule has 1 heterocycles. The van der Waals surface area contributed by atoms with Gasteiger partial charge < -0.3 is 20.1 Å². The maximum absolute atomic E-state index is 12.7. The van der Waals surface area contributed by atoms with Gasteiger partial charge in [0.15, 0.2) is 16.6 Å². The molecule has 0 spiro atoms. The van der Waals surface area contributed by atoms with E-state index >= 15 is 0 Å². The van der Waals surface area contributed by atoms with Crippen LogP contribution in [0.15, 0.2) is 77.0 Å². The smallest absolute Gasteiger partial charge is 0.255 e. The molecule has 0 bridgehead atoms. The molecule has 0 unspecified atom stereocenters. The summed E-state index contributed by atoms with van der Waals surface area (Å²) in [4.78, 5) is 30.5. The van der Waals surface area contributed by atoms with Crippen molar-refractivity contribution in [2.75, 3.05) is 30.6 Å². The van der Waals surface area contributed by atoms with Crippen molar-refractivity contribution in [2.24, 2.45) is 0 Å². The van der Waals surface area contributed by atoms with Gasteiger partial charge in [0.2, 0.25) is 5.91 Å². The number of ether oxygens (including phenoxy) is 2. The van der Waals surface area contributed by atoms with Gasteiger partial charge in [-0.15, -0.1) is 23.1 Å². The number of thioether (sulfide) groups is 1. The molecule has 0 saturated carbocycles. The minimum absolute atomic E-state index is 0.181. The Morgan fingerprint density at radius 1 is 0.972 bits per heavy atom. The van der Waals surface area contributed by atoms with Gasteiger partial charge in [0.25, 0.3) is 5.91 Å². The number of nitrogens with zero attached hydrogens (tertiary/aromatic N) is 1. The van der Waals surface area contributed by atoms with Crippen molar-refractivity contribution in [2.45, 2.75) is 4.90 Å². The van der Waals surface area contributed by atoms with E-state index < -0.39 is 0 Å². The SMILES string of the molecule is COc1ccc(C(=O)Nc2cccc(SCC(=O)Nc3nc(-c4ccccc4Cl)cs3)c2)cc1OC. The molecule has 0 aliphatic heterocycles. The Balaban J connectivity index is 1.33. The number of methoxy groups -OCH3 is 2. The number of hydrogen-bond acceptors (Lipinski definition) is 7. The highest BCUT2D eigenvalue weighted by atomic mass is 35.5. The van der Waals surface area contributed by atoms with E-state index in [0.717, 1.165) is 10.5 Å². The molecule has 0 aliphatic rings. The number of carbonyl (C=O) groups excluding carboxylic acids is 2. The maximum atomic E-state index is 12.7. The standard InChI is InChI=1S/C26H22ClN3O4S2/c1-33-22-11-10-16(12-23(22)34-2)25(32)28-17-6-5-7-18(13-17)35-15-24(31)30-26-29-21(14-36-26)19-8-3-4-9-20(19)27/h3-14H,15H2,1-2H3,(H,28,32)(H,29,30,31). The van der Waals surface area contributed by atoms with Gasteiger partial charge in [-0.3, -0.25) is 9.59 Å². The van der Waals surface area contributed by atoms with Gasteiger partial charge in [-0.1, -0.05) is 35.9 Å². The fraction of sp³-hybridized carbons (Fsp3) is 0.115. The second kappa shape index (κ2) is 11.9. The summed E-state index contributed by atoms with van der Waals surface area (Å²) in [6, 6.07) is 19.7. The molecule has 184 valence electrons. The summed E-state index contributed by atoms with van der Waals surface area (Å²) in [5.74, 6) is 0.741. The van der Waals surface area contributed by atoms with Crippen LogP contribution in [0.1, 0.15) is 10.4 Å². The van der Waals surface area contributed by atoms with Crippen molar-refractivity contribution in [1.82, 2.24) is 4.98 Å². The van der Waals surface area contributed by atoms with Crippen LogP contribution < -0.4 is 20.1 Å². The van der Waals surface area contributed by atoms with Crippen LogP contribution in [-0.2, 0) is 4.79 Å². The van der Waals surface area contributed by atoms with E-state index in [1.807, 2.05) is 41.8 Å². The molecular formula is C26H22ClN3O4S2. The van der Waals surface area contributed by atoms with Crippen LogP contribution in [0.2, 0.25) is 5.02 Å². The summed E-state index contributed by atoms with van der Waals surface area (Å²) >= 11 is 8.93. The fourth-order valence-corrected chi connectivity index (χ4v) is 4.99. The van der Waals surface area contributed by atoms with E-state index in [9.17, 15) is 9.59 Å². The van der Waals surface area contributed by atoms with Crippen molar-refractivity contribution in [3.05, 3.63) is 82.7 Å². The number of halogens is 1. The van der Waals surface area contributed by atoms with Crippen LogP contribution >= 0.6 is 34.7 Å². The molecule has 0 radical (unpaired) electrons. The lowest BCUT2D eigenvalue weighted by Crippen LogP contribution is -2.14. The van der Waals surface area contributed by atoms with Crippen molar-refractivity contribution < 1.29 is 19.1 Å². The number of hydrogen-bond donors (Lipinski definition) is 2. The second-order valence-corrected chi connectivity index (χ2v) is 9.72. The van der Waals surface area contributed by atoms with E-state index in [0.29, 0.717) is 38.6 Å². The molecule has 4 aromatic rings. The predicted octanol–water partition coefficient (Wildman–Crippen LogP) is 6.46. The largest absolute Gasteiger partial charge is 0.493 e. The maximum Gasteiger partial charge on any atom is 0.255 e. The van der Waals surface area contributed by atoms with Gasteiger partial charge in [0.05, 0.1) is 25.7 Å². The number of thiazole rings is 1. The topological polar surface area (TPSA) is 89.5 Å². The highest BCUT2D eigenvalue weighted by molar-refractivity contribution is 8.00. The van der Waals surface area contributed by atoms with Gasteiger partial charge in [-0.2, -0.15) is 0 Å². The van der Waals surface area contributed by atoms with Crippen molar-refractivity contribution in [3.63, 3.8) is 0 Å². The van der Waals surface area contributed by atoms with Crippen LogP contribution in [0.4, 0.5) is 10.8 Å². The molecule has 2 amide bonds. The van der Waals surface area contributed by atoms with Crippen LogP contribution in [-0.4, -0.2) is 36.8 Å². The zero-order valence-electron chi connectivity index (χ0n) is 19.4. The van der Waals surface area contributed by atoms with Crippen LogP contribution in [0, 0.1) is 0 Å². The molecule has 2 N–H and O–H groups in total. The first-order valence-electron chi connectivity index (χ1n) is 10.7. The second-order valence-electron chi connectivity index (χ2n) is 7.41. The lowest BCUT2D eigenvalue weighted by Gasteiger charge is -2.10. The van der Waals surface area contributed by atoms with Crippen LogP contribution in [0.25, 0.3) is 11.3 Å². The fourth-order valence-electron chi connectivity index (χ4n) is 3.27. The number of nitrogens with one attached hydrogen (secondary N) is 2. The third-order valence-electron chi connectivity index (χ3n) is 5.01. The minimum atomic E-state index is -0.283. The molecule has 3 aromatic carbocycles. The number of amides is 2. The average Bonchev–Trinajstić information content (AvgIpc) is 3.35. The molecule has 7 nitrogen and oxygen atoms in total. The molecule has 0 atom stereocenters. The Labute approximate surface area is 221 Å². The Morgan fingerprint density at radius 3 is 2.56 bits per heavy atom. The highest BCUT2D eigenvalue weighted by Crippen LogP contribution is 2.31. The van der Waals surface area contributed by atoms with E-state index in [-0.39, 0.29) is 17.6 Å². The Kier molecular flexibility index (Phi) is 8.48. The van der Waals surface area contributed by atoms with Crippen molar-refractivity contribution >= 4 is 57.3 Å². The normalized spacial score (nSPS) is 10.5. The van der Waals surface area contributed by atoms with Gasteiger partial charge >= 0.3 is 0 Å². The molecule has 4 rings (SSSR count). The Bertz CT molecular complexity index is 1390. The molecule has 36 heavy (non-hydrogen) atoms. The summed E-state index contributed by atoms with van der Waals surface area (Å²) in [5.41, 5.74) is 2.58. The van der Waals surface area contributed by atoms with E-state index in [1.54, 1.807) is 30.3 Å². The summed E-state index contributed by atoms with van der Waals surface area (Å²) in [5, 5.41) is 8.66. The summed E-state index contributed by atoms with van der Waals surface area (Å²) in [6.45, 7) is 0. The van der Waals surface area contributed by atoms with Gasteiger partial charge in [-0.05, 0) is 42.5 Å². The quantitative estimate of drug-likeness (QED) is 0.237. The van der Waals surface area contributed by atoms with E-state index in [1.165, 1.54) is 37.3 Å². The first kappa shape index (κ1) is 25.6. The van der Waals surface area contributed by atoms with Gasteiger partial charge in [0.1, 0.15) is 0 Å². The summed E-state index contributed by atoms with van der Waals surface area (Å²) in [6.07, 6.45) is 0. The van der Waals surface area contributed by atoms with Crippen LogP contribution in [0.3, 0.4) is 0 Å². The van der Waals surface area contributed by atoms with E-state index in [2.05, 4.69) is 15.6 Å². The molecule has 0 fully saturated rings. The number of carbonyl (C=O) groups is 2. The number of rotatable bonds is 9. The minimum Gasteiger partial charge on any atom is -0.493 e. The van der Waals surface area contributed by atoms with E-state index in [4.69, 9.17) is 21.1 Å². The third kappa shape index (κ3) is 6.37. The van der Waals surface area contributed by atoms with Crippen molar-refractivity contribution in [3.8, 4) is 22.8 Å². The lowest BCUT2D eigenvalue weighted by atomic mass is 10.2. The molecular weight excluding hydrogens is 518 g/mol. The number of benzene rings is 3. The van der Waals surface area contributed by atoms with Crippen LogP contribution in [0.5, 0.6) is 11.5 Å². The number of anilines is 2. The number of aromatic nitrogens is 1. The molecule has 1 aromatic heterocycles. The summed E-state index contributed by atoms with van der Waals surface area (Å²) < 4.78 is 10.5. The lowest BCUT2D eigenvalue weighted by molar-refractivity contribution is -0.113. The Morgan fingerprint density at radius 2 is 1.78 bits per heavy atom. The zero-order valence-corrected chi connectivity index (χ0v) is 21.8.